The van der Waals surface area contributed by atoms with Gasteiger partial charge in [0, 0.05) is 0 Å². The van der Waals surface area contributed by atoms with Crippen molar-refractivity contribution >= 4 is 10.1 Å². The van der Waals surface area contributed by atoms with Crippen LogP contribution in [0.25, 0.3) is 0 Å². The molecule has 1 aromatic rings. The number of hydrogen-bond donors (Lipinski definition) is 2. The lowest BCUT2D eigenvalue weighted by Gasteiger charge is -2.15. The minimum absolute atomic E-state index is 0.0278. The molecule has 0 saturated heterocycles. The van der Waals surface area contributed by atoms with E-state index >= 15 is 0 Å². The van der Waals surface area contributed by atoms with Gasteiger partial charge in [0.25, 0.3) is 10.1 Å². The molecule has 2 unspecified atom stereocenters. The van der Waals surface area contributed by atoms with Gasteiger partial charge in [-0.1, -0.05) is 102 Å². The Morgan fingerprint density at radius 1 is 0.906 bits per heavy atom. The zero-order chi connectivity index (χ0) is 24.6. The molecule has 5 heteroatoms. The Morgan fingerprint density at radius 3 is 1.84 bits per heavy atom. The lowest BCUT2D eigenvalue weighted by molar-refractivity contribution is 0.341. The highest BCUT2D eigenvalue weighted by Gasteiger charge is 2.10. The van der Waals surface area contributed by atoms with Crippen LogP contribution in [-0.4, -0.2) is 24.7 Å². The third kappa shape index (κ3) is 16.5. The minimum atomic E-state index is -4.03. The van der Waals surface area contributed by atoms with E-state index in [9.17, 15) is 8.42 Å². The first-order chi connectivity index (χ1) is 15.0. The van der Waals surface area contributed by atoms with Gasteiger partial charge in [-0.25, -0.2) is 0 Å². The van der Waals surface area contributed by atoms with Crippen LogP contribution in [0, 0.1) is 24.7 Å². The summed E-state index contributed by atoms with van der Waals surface area (Å²) in [6.07, 6.45) is 14.1. The maximum absolute atomic E-state index is 10.6. The number of rotatable bonds is 14. The van der Waals surface area contributed by atoms with Gasteiger partial charge in [0.2, 0.25) is 0 Å². The normalized spacial score (nSPS) is 14.1. The molecule has 0 aliphatic heterocycles. The van der Waals surface area contributed by atoms with Gasteiger partial charge in [0.15, 0.2) is 0 Å². The van der Waals surface area contributed by atoms with E-state index in [0.717, 1.165) is 24.2 Å². The van der Waals surface area contributed by atoms with E-state index in [0.29, 0.717) is 5.56 Å². The molecule has 0 saturated carbocycles. The lowest BCUT2D eigenvalue weighted by atomic mass is 9.91. The molecule has 0 aliphatic rings. The van der Waals surface area contributed by atoms with Crippen molar-refractivity contribution in [3.8, 4) is 0 Å². The second-order valence-corrected chi connectivity index (χ2v) is 11.2. The fourth-order valence-electron chi connectivity index (χ4n) is 3.81. The molecule has 0 spiro atoms. The summed E-state index contributed by atoms with van der Waals surface area (Å²) in [5.74, 6) is 2.63. The van der Waals surface area contributed by atoms with Gasteiger partial charge in [-0.2, -0.15) is 8.42 Å². The van der Waals surface area contributed by atoms with Crippen LogP contribution in [0.5, 0.6) is 0 Å². The first-order valence-electron chi connectivity index (χ1n) is 12.3. The number of aliphatic hydroxyl groups is 1. The van der Waals surface area contributed by atoms with Gasteiger partial charge in [0.1, 0.15) is 0 Å². The van der Waals surface area contributed by atoms with E-state index in [-0.39, 0.29) is 11.5 Å². The summed E-state index contributed by atoms with van der Waals surface area (Å²) in [6, 6.07) is 6.27. The Balaban J connectivity index is 0.000000726. The monoisotopic (exact) mass is 468 g/mol. The fraction of sp³-hybridized carbons (Fsp3) is 0.704. The molecule has 2 atom stereocenters. The van der Waals surface area contributed by atoms with Crippen LogP contribution in [-0.2, 0) is 10.1 Å². The Kier molecular flexibility index (Phi) is 16.7. The lowest BCUT2D eigenvalue weighted by Crippen LogP contribution is -2.00. The van der Waals surface area contributed by atoms with Gasteiger partial charge < -0.3 is 5.11 Å². The van der Waals surface area contributed by atoms with Gasteiger partial charge in [0.05, 0.1) is 11.5 Å². The third-order valence-corrected chi connectivity index (χ3v) is 6.97. The molecular weight excluding hydrogens is 420 g/mol. The summed E-state index contributed by atoms with van der Waals surface area (Å²) >= 11 is 0. The highest BCUT2D eigenvalue weighted by Crippen LogP contribution is 2.22. The molecule has 0 fully saturated rings. The highest BCUT2D eigenvalue weighted by molar-refractivity contribution is 7.85. The van der Waals surface area contributed by atoms with Gasteiger partial charge in [-0.05, 0) is 56.1 Å². The van der Waals surface area contributed by atoms with E-state index < -0.39 is 10.1 Å². The summed E-state index contributed by atoms with van der Waals surface area (Å²) < 4.78 is 29.9. The molecule has 0 radical (unpaired) electrons. The van der Waals surface area contributed by atoms with E-state index in [2.05, 4.69) is 34.6 Å². The summed E-state index contributed by atoms with van der Waals surface area (Å²) in [7, 11) is -4.03. The standard InChI is InChI=1S/C20H40O.C7H8O3S/c1-17(2)9-6-10-18(3)11-7-12-19(4)13-8-14-20(5)15-16-21;1-6-4-2-3-5-7(6)11(8,9)10/h15,17-19,21H,6-14,16H2,1-5H3;2-5H,1H3,(H,8,9,10)/b20-15+;. The van der Waals surface area contributed by atoms with Crippen molar-refractivity contribution in [1.82, 2.24) is 0 Å². The minimum Gasteiger partial charge on any atom is -0.392 e. The zero-order valence-electron chi connectivity index (χ0n) is 21.3. The molecule has 2 N–H and O–H groups in total. The molecule has 0 bridgehead atoms. The second kappa shape index (κ2) is 17.3. The zero-order valence-corrected chi connectivity index (χ0v) is 22.1. The number of aryl methyl sites for hydroxylation is 1. The van der Waals surface area contributed by atoms with Crippen molar-refractivity contribution in [3.63, 3.8) is 0 Å². The van der Waals surface area contributed by atoms with Crippen molar-refractivity contribution in [3.05, 3.63) is 41.5 Å². The van der Waals surface area contributed by atoms with Gasteiger partial charge in [-0.3, -0.25) is 4.55 Å². The molecular formula is C27H48O4S. The van der Waals surface area contributed by atoms with E-state index in [1.807, 2.05) is 6.08 Å². The molecule has 32 heavy (non-hydrogen) atoms. The molecule has 1 rings (SSSR count). The molecule has 0 heterocycles. The Labute approximate surface area is 198 Å². The van der Waals surface area contributed by atoms with Crippen molar-refractivity contribution in [1.29, 1.82) is 0 Å². The number of allylic oxidation sites excluding steroid dienone is 1. The van der Waals surface area contributed by atoms with Crippen molar-refractivity contribution in [2.24, 2.45) is 17.8 Å². The van der Waals surface area contributed by atoms with E-state index in [1.54, 1.807) is 25.1 Å². The van der Waals surface area contributed by atoms with Crippen LogP contribution in [0.2, 0.25) is 0 Å². The maximum atomic E-state index is 10.6. The summed E-state index contributed by atoms with van der Waals surface area (Å²) in [5, 5.41) is 8.83. The molecule has 186 valence electrons. The summed E-state index contributed by atoms with van der Waals surface area (Å²) in [6.45, 7) is 13.4. The van der Waals surface area contributed by atoms with Crippen molar-refractivity contribution in [2.45, 2.75) is 104 Å². The first-order valence-corrected chi connectivity index (χ1v) is 13.7. The highest BCUT2D eigenvalue weighted by atomic mass is 32.2. The van der Waals surface area contributed by atoms with Crippen LogP contribution in [0.15, 0.2) is 40.8 Å². The molecule has 0 aliphatic carbocycles. The predicted octanol–water partition coefficient (Wildman–Crippen LogP) is 7.61. The molecule has 1 aromatic carbocycles. The Morgan fingerprint density at radius 2 is 1.41 bits per heavy atom. The summed E-state index contributed by atoms with van der Waals surface area (Å²) in [4.78, 5) is -0.0278. The molecule has 0 aromatic heterocycles. The largest absolute Gasteiger partial charge is 0.392 e. The average molecular weight is 469 g/mol. The van der Waals surface area contributed by atoms with Crippen LogP contribution < -0.4 is 0 Å². The van der Waals surface area contributed by atoms with Gasteiger partial charge >= 0.3 is 0 Å². The van der Waals surface area contributed by atoms with Crippen LogP contribution in [0.1, 0.15) is 98.0 Å². The quantitative estimate of drug-likeness (QED) is 0.218. The van der Waals surface area contributed by atoms with Crippen LogP contribution in [0.4, 0.5) is 0 Å². The van der Waals surface area contributed by atoms with Crippen molar-refractivity contribution < 1.29 is 18.1 Å². The second-order valence-electron chi connectivity index (χ2n) is 9.83. The predicted molar refractivity (Wildman–Crippen MR) is 137 cm³/mol. The SMILES string of the molecule is C/C(=C\CO)CCCC(C)CCCC(C)CCCC(C)C.Cc1ccccc1S(=O)(=O)O. The van der Waals surface area contributed by atoms with Gasteiger partial charge in [-0.15, -0.1) is 0 Å². The number of hydrogen-bond acceptors (Lipinski definition) is 3. The smallest absolute Gasteiger partial charge is 0.294 e. The summed E-state index contributed by atoms with van der Waals surface area (Å²) in [5.41, 5.74) is 1.89. The van der Waals surface area contributed by atoms with Crippen LogP contribution in [0.3, 0.4) is 0 Å². The van der Waals surface area contributed by atoms with Crippen molar-refractivity contribution in [2.75, 3.05) is 6.61 Å². The average Bonchev–Trinajstić information content (AvgIpc) is 2.68. The first kappa shape index (κ1) is 30.8. The molecule has 4 nitrogen and oxygen atoms in total. The Hall–Kier alpha value is -1.17. The molecule has 0 amide bonds. The van der Waals surface area contributed by atoms with E-state index in [4.69, 9.17) is 9.66 Å². The number of aliphatic hydroxyl groups excluding tert-OH is 1. The topological polar surface area (TPSA) is 74.6 Å². The maximum Gasteiger partial charge on any atom is 0.294 e. The van der Waals surface area contributed by atoms with E-state index in [1.165, 1.54) is 63.0 Å². The Bertz CT molecular complexity index is 738. The van der Waals surface area contributed by atoms with Crippen LogP contribution >= 0.6 is 0 Å². The fourth-order valence-corrected chi connectivity index (χ4v) is 4.54. The number of benzene rings is 1. The third-order valence-electron chi connectivity index (χ3n) is 5.95.